The lowest BCUT2D eigenvalue weighted by Gasteiger charge is -2.12. The molecule has 0 aromatic carbocycles. The number of aliphatic hydroxyl groups is 2. The monoisotopic (exact) mass is 281 g/mol. The molecule has 2 amide bonds. The minimum absolute atomic E-state index is 0.0922. The van der Waals surface area contributed by atoms with Crippen LogP contribution in [-0.4, -0.2) is 52.3 Å². The summed E-state index contributed by atoms with van der Waals surface area (Å²) in [5, 5.41) is 22.8. The van der Waals surface area contributed by atoms with Crippen molar-refractivity contribution < 1.29 is 19.8 Å². The van der Waals surface area contributed by atoms with Crippen molar-refractivity contribution in [1.82, 2.24) is 15.6 Å². The molecule has 7 nitrogen and oxygen atoms in total. The fourth-order valence-corrected chi connectivity index (χ4v) is 1.37. The van der Waals surface area contributed by atoms with Crippen LogP contribution >= 0.6 is 0 Å². The van der Waals surface area contributed by atoms with Crippen LogP contribution in [0.4, 0.5) is 0 Å². The lowest BCUT2D eigenvalue weighted by Crippen LogP contribution is -2.37. The standard InChI is InChI=1S/C13H19N3O4/c1-8(6-17)14-12(19)10-4-3-5-11(16-10)13(20)15-9(2)7-18/h3-5,8-9,17-18H,6-7H2,1-2H3,(H,14,19)(H,15,20). The number of hydrogen-bond acceptors (Lipinski definition) is 5. The van der Waals surface area contributed by atoms with Crippen LogP contribution < -0.4 is 10.6 Å². The van der Waals surface area contributed by atoms with Gasteiger partial charge >= 0.3 is 0 Å². The number of carbonyl (C=O) groups excluding carboxylic acids is 2. The normalized spacial score (nSPS) is 13.4. The SMILES string of the molecule is CC(CO)NC(=O)c1cccc(C(=O)NC(C)CO)n1. The molecule has 1 aromatic heterocycles. The molecule has 2 unspecified atom stereocenters. The predicted molar refractivity (Wildman–Crippen MR) is 72.3 cm³/mol. The average Bonchev–Trinajstić information content (AvgIpc) is 2.46. The second kappa shape index (κ2) is 7.56. The van der Waals surface area contributed by atoms with Gasteiger partial charge in [-0.25, -0.2) is 4.98 Å². The first-order chi connectivity index (χ1) is 9.47. The number of nitrogens with one attached hydrogen (secondary N) is 2. The molecule has 0 bridgehead atoms. The minimum atomic E-state index is -0.462. The van der Waals surface area contributed by atoms with E-state index in [1.54, 1.807) is 19.9 Å². The molecule has 0 fully saturated rings. The van der Waals surface area contributed by atoms with E-state index in [1.807, 2.05) is 0 Å². The maximum atomic E-state index is 11.8. The number of hydrogen-bond donors (Lipinski definition) is 4. The first kappa shape index (κ1) is 16.1. The van der Waals surface area contributed by atoms with Crippen molar-refractivity contribution in [2.24, 2.45) is 0 Å². The molecule has 20 heavy (non-hydrogen) atoms. The van der Waals surface area contributed by atoms with E-state index in [9.17, 15) is 9.59 Å². The van der Waals surface area contributed by atoms with Crippen molar-refractivity contribution >= 4 is 11.8 Å². The summed E-state index contributed by atoms with van der Waals surface area (Å²) in [6, 6.07) is 3.72. The van der Waals surface area contributed by atoms with E-state index in [1.165, 1.54) is 12.1 Å². The van der Waals surface area contributed by atoms with Gasteiger partial charge in [-0.15, -0.1) is 0 Å². The summed E-state index contributed by atoms with van der Waals surface area (Å²) >= 11 is 0. The fraction of sp³-hybridized carbons (Fsp3) is 0.462. The van der Waals surface area contributed by atoms with Gasteiger partial charge in [-0.05, 0) is 26.0 Å². The van der Waals surface area contributed by atoms with Crippen LogP contribution in [0.2, 0.25) is 0 Å². The molecular formula is C13H19N3O4. The van der Waals surface area contributed by atoms with Crippen molar-refractivity contribution in [2.75, 3.05) is 13.2 Å². The Morgan fingerprint density at radius 2 is 1.45 bits per heavy atom. The summed E-state index contributed by atoms with van der Waals surface area (Å²) in [4.78, 5) is 27.6. The van der Waals surface area contributed by atoms with Crippen molar-refractivity contribution in [3.63, 3.8) is 0 Å². The van der Waals surface area contributed by atoms with Gasteiger partial charge in [0.05, 0.1) is 13.2 Å². The fourth-order valence-electron chi connectivity index (χ4n) is 1.37. The van der Waals surface area contributed by atoms with Gasteiger partial charge in [0.25, 0.3) is 11.8 Å². The average molecular weight is 281 g/mol. The minimum Gasteiger partial charge on any atom is -0.394 e. The largest absolute Gasteiger partial charge is 0.394 e. The lowest BCUT2D eigenvalue weighted by molar-refractivity contribution is 0.0912. The zero-order valence-corrected chi connectivity index (χ0v) is 11.5. The first-order valence-electron chi connectivity index (χ1n) is 6.28. The molecule has 1 aromatic rings. The van der Waals surface area contributed by atoms with Crippen LogP contribution in [0.15, 0.2) is 18.2 Å². The van der Waals surface area contributed by atoms with Crippen LogP contribution in [0, 0.1) is 0 Å². The van der Waals surface area contributed by atoms with Gasteiger partial charge in [-0.1, -0.05) is 6.07 Å². The summed E-state index contributed by atoms with van der Waals surface area (Å²) in [6.07, 6.45) is 0. The molecule has 2 atom stereocenters. The van der Waals surface area contributed by atoms with Crippen molar-refractivity contribution in [1.29, 1.82) is 0 Å². The zero-order valence-electron chi connectivity index (χ0n) is 11.5. The molecular weight excluding hydrogens is 262 g/mol. The van der Waals surface area contributed by atoms with E-state index in [0.29, 0.717) is 0 Å². The highest BCUT2D eigenvalue weighted by atomic mass is 16.3. The quantitative estimate of drug-likeness (QED) is 0.551. The summed E-state index contributed by atoms with van der Waals surface area (Å²) < 4.78 is 0. The summed E-state index contributed by atoms with van der Waals surface area (Å²) in [6.45, 7) is 2.94. The van der Waals surface area contributed by atoms with E-state index in [-0.39, 0.29) is 24.6 Å². The molecule has 0 aliphatic carbocycles. The molecule has 0 saturated carbocycles. The maximum absolute atomic E-state index is 11.8. The molecule has 1 heterocycles. The number of aliphatic hydroxyl groups excluding tert-OH is 2. The highest BCUT2D eigenvalue weighted by molar-refractivity contribution is 5.96. The van der Waals surface area contributed by atoms with Crippen LogP contribution in [0.25, 0.3) is 0 Å². The Kier molecular flexibility index (Phi) is 6.08. The van der Waals surface area contributed by atoms with Gasteiger partial charge in [0.1, 0.15) is 11.4 Å². The second-order valence-corrected chi connectivity index (χ2v) is 4.52. The van der Waals surface area contributed by atoms with E-state index in [0.717, 1.165) is 0 Å². The molecule has 0 saturated heterocycles. The highest BCUT2D eigenvalue weighted by Gasteiger charge is 2.14. The van der Waals surface area contributed by atoms with E-state index in [4.69, 9.17) is 10.2 Å². The molecule has 110 valence electrons. The van der Waals surface area contributed by atoms with Gasteiger partial charge in [0.2, 0.25) is 0 Å². The van der Waals surface area contributed by atoms with Gasteiger partial charge in [0.15, 0.2) is 0 Å². The Hall–Kier alpha value is -1.99. The van der Waals surface area contributed by atoms with Crippen LogP contribution in [0.1, 0.15) is 34.8 Å². The third-order valence-corrected chi connectivity index (χ3v) is 2.52. The third kappa shape index (κ3) is 4.60. The number of amides is 2. The summed E-state index contributed by atoms with van der Waals surface area (Å²) in [5.74, 6) is -0.923. The molecule has 0 aliphatic rings. The summed E-state index contributed by atoms with van der Waals surface area (Å²) in [5.41, 5.74) is 0.184. The van der Waals surface area contributed by atoms with Crippen LogP contribution in [-0.2, 0) is 0 Å². The Balaban J connectivity index is 2.80. The second-order valence-electron chi connectivity index (χ2n) is 4.52. The number of pyridine rings is 1. The number of aromatic nitrogens is 1. The molecule has 0 spiro atoms. The Labute approximate surface area is 117 Å². The topological polar surface area (TPSA) is 112 Å². The Morgan fingerprint density at radius 3 is 1.80 bits per heavy atom. The number of carbonyl (C=O) groups is 2. The van der Waals surface area contributed by atoms with E-state index < -0.39 is 23.9 Å². The first-order valence-corrected chi connectivity index (χ1v) is 6.28. The molecule has 4 N–H and O–H groups in total. The predicted octanol–water partition coefficient (Wildman–Crippen LogP) is -0.697. The Bertz CT molecular complexity index is 439. The molecule has 1 rings (SSSR count). The molecule has 0 aliphatic heterocycles. The van der Waals surface area contributed by atoms with Crippen molar-refractivity contribution in [2.45, 2.75) is 25.9 Å². The van der Waals surface area contributed by atoms with E-state index >= 15 is 0 Å². The summed E-state index contributed by atoms with van der Waals surface area (Å²) in [7, 11) is 0. The highest BCUT2D eigenvalue weighted by Crippen LogP contribution is 2.01. The van der Waals surface area contributed by atoms with Crippen LogP contribution in [0.3, 0.4) is 0 Å². The van der Waals surface area contributed by atoms with Crippen molar-refractivity contribution in [3.8, 4) is 0 Å². The number of rotatable bonds is 6. The zero-order chi connectivity index (χ0) is 15.1. The van der Waals surface area contributed by atoms with Gasteiger partial charge in [-0.2, -0.15) is 0 Å². The van der Waals surface area contributed by atoms with Gasteiger partial charge in [-0.3, -0.25) is 9.59 Å². The molecule has 0 radical (unpaired) electrons. The van der Waals surface area contributed by atoms with E-state index in [2.05, 4.69) is 15.6 Å². The lowest BCUT2D eigenvalue weighted by atomic mass is 10.2. The Morgan fingerprint density at radius 1 is 1.05 bits per heavy atom. The third-order valence-electron chi connectivity index (χ3n) is 2.52. The number of nitrogens with zero attached hydrogens (tertiary/aromatic N) is 1. The van der Waals surface area contributed by atoms with Crippen LogP contribution in [0.5, 0.6) is 0 Å². The van der Waals surface area contributed by atoms with Gasteiger partial charge in [0, 0.05) is 12.1 Å². The molecule has 7 heteroatoms. The van der Waals surface area contributed by atoms with Gasteiger partial charge < -0.3 is 20.8 Å². The maximum Gasteiger partial charge on any atom is 0.270 e. The smallest absolute Gasteiger partial charge is 0.270 e. The van der Waals surface area contributed by atoms with Crippen molar-refractivity contribution in [3.05, 3.63) is 29.6 Å².